The van der Waals surface area contributed by atoms with Crippen molar-refractivity contribution >= 4 is 32.7 Å². The Hall–Kier alpha value is -1.41. The fourth-order valence-electron chi connectivity index (χ4n) is 1.95. The maximum atomic E-state index is 12.2. The molecule has 116 valence electrons. The van der Waals surface area contributed by atoms with E-state index in [4.69, 9.17) is 4.42 Å². The van der Waals surface area contributed by atoms with Crippen molar-refractivity contribution in [2.45, 2.75) is 24.1 Å². The van der Waals surface area contributed by atoms with Gasteiger partial charge in [0.1, 0.15) is 15.7 Å². The van der Waals surface area contributed by atoms with E-state index < -0.39 is 10.0 Å². The Morgan fingerprint density at radius 1 is 1.18 bits per heavy atom. The van der Waals surface area contributed by atoms with Crippen molar-refractivity contribution in [2.75, 3.05) is 0 Å². The number of thiophene rings is 2. The Morgan fingerprint density at radius 2 is 2.05 bits per heavy atom. The third-order valence-corrected chi connectivity index (χ3v) is 7.12. The summed E-state index contributed by atoms with van der Waals surface area (Å²) in [5, 5.41) is 1.97. The summed E-state index contributed by atoms with van der Waals surface area (Å²) in [4.78, 5) is 2.08. The first-order valence-electron chi connectivity index (χ1n) is 6.79. The first-order valence-corrected chi connectivity index (χ1v) is 9.97. The second-order valence-electron chi connectivity index (χ2n) is 4.64. The van der Waals surface area contributed by atoms with Crippen molar-refractivity contribution in [3.63, 3.8) is 0 Å². The van der Waals surface area contributed by atoms with E-state index in [1.54, 1.807) is 23.5 Å². The van der Waals surface area contributed by atoms with Gasteiger partial charge in [-0.05, 0) is 42.1 Å². The van der Waals surface area contributed by atoms with Crippen molar-refractivity contribution in [1.29, 1.82) is 0 Å². The Morgan fingerprint density at radius 3 is 2.73 bits per heavy atom. The minimum atomic E-state index is -3.48. The summed E-state index contributed by atoms with van der Waals surface area (Å²) in [6.45, 7) is 2.15. The molecule has 3 aromatic heterocycles. The molecule has 3 heterocycles. The van der Waals surface area contributed by atoms with Crippen LogP contribution in [0.3, 0.4) is 0 Å². The average molecular weight is 353 g/mol. The molecule has 0 radical (unpaired) electrons. The molecule has 1 N–H and O–H groups in total. The van der Waals surface area contributed by atoms with Crippen molar-refractivity contribution in [1.82, 2.24) is 4.72 Å². The summed E-state index contributed by atoms with van der Waals surface area (Å²) >= 11 is 2.88. The number of sulfonamides is 1. The molecule has 0 unspecified atom stereocenters. The highest BCUT2D eigenvalue weighted by Gasteiger charge is 2.17. The summed E-state index contributed by atoms with van der Waals surface area (Å²) in [5.74, 6) is 1.35. The monoisotopic (exact) mass is 353 g/mol. The molecule has 0 spiro atoms. The van der Waals surface area contributed by atoms with Crippen LogP contribution < -0.4 is 4.72 Å². The minimum absolute atomic E-state index is 0.146. The number of furan rings is 1. The van der Waals surface area contributed by atoms with Crippen molar-refractivity contribution in [2.24, 2.45) is 0 Å². The van der Waals surface area contributed by atoms with E-state index in [9.17, 15) is 8.42 Å². The molecule has 0 aliphatic carbocycles. The maximum absolute atomic E-state index is 12.2. The highest BCUT2D eigenvalue weighted by Crippen LogP contribution is 2.27. The lowest BCUT2D eigenvalue weighted by Crippen LogP contribution is -2.22. The Balaban J connectivity index is 1.69. The summed E-state index contributed by atoms with van der Waals surface area (Å²) < 4.78 is 33.1. The number of hydrogen-bond donors (Lipinski definition) is 1. The van der Waals surface area contributed by atoms with Crippen LogP contribution in [-0.4, -0.2) is 8.42 Å². The van der Waals surface area contributed by atoms with Crippen LogP contribution >= 0.6 is 22.7 Å². The summed E-state index contributed by atoms with van der Waals surface area (Å²) in [6.07, 6.45) is 0.836. The zero-order chi connectivity index (χ0) is 15.6. The lowest BCUT2D eigenvalue weighted by Gasteiger charge is -2.02. The zero-order valence-corrected chi connectivity index (χ0v) is 14.4. The third-order valence-electron chi connectivity index (χ3n) is 3.11. The molecule has 0 aliphatic heterocycles. The summed E-state index contributed by atoms with van der Waals surface area (Å²) in [7, 11) is -3.48. The molecule has 22 heavy (non-hydrogen) atoms. The second-order valence-corrected chi connectivity index (χ2v) is 8.75. The van der Waals surface area contributed by atoms with Crippen molar-refractivity contribution in [3.8, 4) is 10.6 Å². The maximum Gasteiger partial charge on any atom is 0.250 e. The first kappa shape index (κ1) is 15.5. The van der Waals surface area contributed by atoms with Crippen LogP contribution in [0, 0.1) is 0 Å². The molecule has 0 amide bonds. The van der Waals surface area contributed by atoms with Crippen LogP contribution in [0.1, 0.15) is 17.6 Å². The van der Waals surface area contributed by atoms with Gasteiger partial charge in [0, 0.05) is 4.88 Å². The second kappa shape index (κ2) is 6.37. The SMILES string of the molecule is CCc1ccc(S(=O)(=O)NCc2ccc(-c3cccs3)o2)s1. The predicted octanol–water partition coefficient (Wildman–Crippen LogP) is 4.11. The van der Waals surface area contributed by atoms with Gasteiger partial charge < -0.3 is 4.42 Å². The van der Waals surface area contributed by atoms with Gasteiger partial charge in [0.25, 0.3) is 0 Å². The van der Waals surface area contributed by atoms with Crippen LogP contribution in [0.5, 0.6) is 0 Å². The summed E-state index contributed by atoms with van der Waals surface area (Å²) in [5.41, 5.74) is 0. The fourth-order valence-corrected chi connectivity index (χ4v) is 4.97. The number of aryl methyl sites for hydroxylation is 1. The predicted molar refractivity (Wildman–Crippen MR) is 89.7 cm³/mol. The third kappa shape index (κ3) is 3.33. The molecule has 7 heteroatoms. The normalized spacial score (nSPS) is 11.9. The minimum Gasteiger partial charge on any atom is -0.459 e. The standard InChI is InChI=1S/C15H15NO3S3/c1-2-12-6-8-15(21-12)22(17,18)16-10-11-5-7-13(19-11)14-4-3-9-20-14/h3-9,16H,2,10H2,1H3. The van der Waals surface area contributed by atoms with Gasteiger partial charge in [-0.3, -0.25) is 0 Å². The molecule has 0 aromatic carbocycles. The van der Waals surface area contributed by atoms with Gasteiger partial charge in [0.05, 0.1) is 11.4 Å². The van der Waals surface area contributed by atoms with Crippen molar-refractivity contribution < 1.29 is 12.8 Å². The molecule has 0 aliphatic rings. The Labute approximate surface area is 137 Å². The molecular formula is C15H15NO3S3. The molecule has 3 aromatic rings. The lowest BCUT2D eigenvalue weighted by atomic mass is 10.3. The van der Waals surface area contributed by atoms with E-state index in [-0.39, 0.29) is 6.54 Å². The van der Waals surface area contributed by atoms with E-state index in [0.29, 0.717) is 9.97 Å². The zero-order valence-electron chi connectivity index (χ0n) is 11.9. The van der Waals surface area contributed by atoms with E-state index >= 15 is 0 Å². The fraction of sp³-hybridized carbons (Fsp3) is 0.200. The highest BCUT2D eigenvalue weighted by atomic mass is 32.2. The van der Waals surface area contributed by atoms with Gasteiger partial charge in [-0.2, -0.15) is 0 Å². The molecule has 0 saturated heterocycles. The van der Waals surface area contributed by atoms with Gasteiger partial charge in [-0.1, -0.05) is 13.0 Å². The summed E-state index contributed by atoms with van der Waals surface area (Å²) in [6, 6.07) is 11.1. The van der Waals surface area contributed by atoms with Gasteiger partial charge >= 0.3 is 0 Å². The number of hydrogen-bond acceptors (Lipinski definition) is 5. The smallest absolute Gasteiger partial charge is 0.250 e. The Bertz CT molecular complexity index is 844. The van der Waals surface area contributed by atoms with E-state index in [1.165, 1.54) is 11.3 Å². The molecule has 3 rings (SSSR count). The van der Waals surface area contributed by atoms with E-state index in [0.717, 1.165) is 21.9 Å². The van der Waals surface area contributed by atoms with E-state index in [1.807, 2.05) is 36.6 Å². The van der Waals surface area contributed by atoms with Crippen LogP contribution in [0.15, 0.2) is 50.4 Å². The van der Waals surface area contributed by atoms with Gasteiger partial charge in [0.2, 0.25) is 10.0 Å². The van der Waals surface area contributed by atoms with Crippen LogP contribution in [-0.2, 0) is 23.0 Å². The molecule has 4 nitrogen and oxygen atoms in total. The number of nitrogens with one attached hydrogen (secondary N) is 1. The highest BCUT2D eigenvalue weighted by molar-refractivity contribution is 7.91. The van der Waals surface area contributed by atoms with E-state index in [2.05, 4.69) is 4.72 Å². The topological polar surface area (TPSA) is 59.3 Å². The molecule has 0 bridgehead atoms. The molecule has 0 saturated carbocycles. The Kier molecular flexibility index (Phi) is 4.49. The molecule has 0 atom stereocenters. The number of rotatable bonds is 6. The first-order chi connectivity index (χ1) is 10.6. The van der Waals surface area contributed by atoms with Crippen LogP contribution in [0.2, 0.25) is 0 Å². The molecular weight excluding hydrogens is 338 g/mol. The van der Waals surface area contributed by atoms with Crippen molar-refractivity contribution in [3.05, 3.63) is 52.4 Å². The average Bonchev–Trinajstić information content (AvgIpc) is 3.24. The van der Waals surface area contributed by atoms with Crippen LogP contribution in [0.4, 0.5) is 0 Å². The van der Waals surface area contributed by atoms with Gasteiger partial charge in [0.15, 0.2) is 0 Å². The molecule has 0 fully saturated rings. The van der Waals surface area contributed by atoms with Gasteiger partial charge in [-0.15, -0.1) is 22.7 Å². The van der Waals surface area contributed by atoms with Gasteiger partial charge in [-0.25, -0.2) is 13.1 Å². The largest absolute Gasteiger partial charge is 0.459 e. The lowest BCUT2D eigenvalue weighted by molar-refractivity contribution is 0.511. The van der Waals surface area contributed by atoms with Crippen LogP contribution in [0.25, 0.3) is 10.6 Å². The quantitative estimate of drug-likeness (QED) is 0.725.